The molecule has 0 radical (unpaired) electrons. The maximum atomic E-state index is 13.3. The first kappa shape index (κ1) is 25.6. The molecule has 0 bridgehead atoms. The summed E-state index contributed by atoms with van der Waals surface area (Å²) in [4.78, 5) is 27.2. The molecule has 7 nitrogen and oxygen atoms in total. The lowest BCUT2D eigenvalue weighted by Crippen LogP contribution is -2.52. The van der Waals surface area contributed by atoms with E-state index >= 15 is 0 Å². The Bertz CT molecular complexity index is 1040. The molecule has 0 unspecified atom stereocenters. The first-order chi connectivity index (χ1) is 14.9. The van der Waals surface area contributed by atoms with Gasteiger partial charge in [-0.3, -0.25) is 13.9 Å². The van der Waals surface area contributed by atoms with E-state index in [0.29, 0.717) is 10.6 Å². The van der Waals surface area contributed by atoms with Crippen molar-refractivity contribution in [1.82, 2.24) is 10.2 Å². The highest BCUT2D eigenvalue weighted by Crippen LogP contribution is 2.21. The molecule has 0 spiro atoms. The normalized spacial score (nSPS) is 12.3. The Morgan fingerprint density at radius 1 is 1.03 bits per heavy atom. The van der Waals surface area contributed by atoms with Crippen LogP contribution in [-0.4, -0.2) is 50.0 Å². The van der Waals surface area contributed by atoms with Crippen molar-refractivity contribution in [2.75, 3.05) is 17.1 Å². The van der Waals surface area contributed by atoms with Crippen molar-refractivity contribution in [3.8, 4) is 0 Å². The summed E-state index contributed by atoms with van der Waals surface area (Å²) < 4.78 is 39.1. The van der Waals surface area contributed by atoms with Gasteiger partial charge in [0.2, 0.25) is 21.8 Å². The van der Waals surface area contributed by atoms with Crippen LogP contribution in [-0.2, 0) is 26.2 Å². The van der Waals surface area contributed by atoms with E-state index < -0.39 is 34.3 Å². The Morgan fingerprint density at radius 2 is 1.59 bits per heavy atom. The van der Waals surface area contributed by atoms with Crippen molar-refractivity contribution in [2.45, 2.75) is 39.4 Å². The Balaban J connectivity index is 2.36. The third-order valence-corrected chi connectivity index (χ3v) is 6.05. The number of anilines is 1. The summed E-state index contributed by atoms with van der Waals surface area (Å²) in [6, 6.07) is 10.5. The van der Waals surface area contributed by atoms with Crippen molar-refractivity contribution >= 4 is 39.1 Å². The summed E-state index contributed by atoms with van der Waals surface area (Å²) in [6.07, 6.45) is 0.994. The molecule has 0 aliphatic heterocycles. The second kappa shape index (κ2) is 10.8. The van der Waals surface area contributed by atoms with Gasteiger partial charge in [0.05, 0.1) is 11.9 Å². The Labute approximate surface area is 193 Å². The van der Waals surface area contributed by atoms with Gasteiger partial charge in [-0.25, -0.2) is 12.8 Å². The monoisotopic (exact) mass is 483 g/mol. The topological polar surface area (TPSA) is 86.8 Å². The Hall–Kier alpha value is -2.65. The molecule has 1 atom stereocenters. The molecule has 2 aromatic rings. The second-order valence-electron chi connectivity index (χ2n) is 7.73. The molecule has 2 amide bonds. The van der Waals surface area contributed by atoms with Crippen LogP contribution in [0.2, 0.25) is 5.02 Å². The SMILES string of the molecule is CC(C)NC(=O)[C@H](C)N(Cc1ccc(F)cc1)C(=O)CN(c1ccc(Cl)cc1)S(C)(=O)=O. The van der Waals surface area contributed by atoms with Crippen LogP contribution in [0.15, 0.2) is 48.5 Å². The zero-order chi connectivity index (χ0) is 24.1. The minimum Gasteiger partial charge on any atom is -0.352 e. The van der Waals surface area contributed by atoms with E-state index in [2.05, 4.69) is 5.32 Å². The molecule has 174 valence electrons. The third kappa shape index (κ3) is 7.20. The number of benzene rings is 2. The number of carbonyl (C=O) groups is 2. The fourth-order valence-corrected chi connectivity index (χ4v) is 3.97. The van der Waals surface area contributed by atoms with Crippen LogP contribution in [0.1, 0.15) is 26.3 Å². The van der Waals surface area contributed by atoms with Gasteiger partial charge in [0.15, 0.2) is 0 Å². The molecular formula is C22H27ClFN3O4S. The van der Waals surface area contributed by atoms with Crippen LogP contribution in [0.4, 0.5) is 10.1 Å². The molecule has 0 fully saturated rings. The number of amides is 2. The molecule has 2 rings (SSSR count). The molecule has 0 aliphatic rings. The quantitative estimate of drug-likeness (QED) is 0.593. The van der Waals surface area contributed by atoms with Crippen molar-refractivity contribution < 1.29 is 22.4 Å². The number of nitrogens with zero attached hydrogens (tertiary/aromatic N) is 2. The van der Waals surface area contributed by atoms with Crippen molar-refractivity contribution in [1.29, 1.82) is 0 Å². The maximum Gasteiger partial charge on any atom is 0.244 e. The van der Waals surface area contributed by atoms with E-state index in [0.717, 1.165) is 10.6 Å². The first-order valence-electron chi connectivity index (χ1n) is 9.96. The minimum absolute atomic E-state index is 0.00398. The molecular weight excluding hydrogens is 457 g/mol. The van der Waals surface area contributed by atoms with E-state index in [1.165, 1.54) is 53.4 Å². The molecule has 10 heteroatoms. The van der Waals surface area contributed by atoms with E-state index in [-0.39, 0.29) is 24.2 Å². The van der Waals surface area contributed by atoms with Crippen LogP contribution in [0, 0.1) is 5.82 Å². The highest BCUT2D eigenvalue weighted by atomic mass is 35.5. The molecule has 0 aromatic heterocycles. The van der Waals surface area contributed by atoms with Gasteiger partial charge in [-0.2, -0.15) is 0 Å². The van der Waals surface area contributed by atoms with Gasteiger partial charge in [0.25, 0.3) is 0 Å². The number of sulfonamides is 1. The van der Waals surface area contributed by atoms with E-state index in [1.807, 2.05) is 0 Å². The Morgan fingerprint density at radius 3 is 2.09 bits per heavy atom. The molecule has 1 N–H and O–H groups in total. The first-order valence-corrected chi connectivity index (χ1v) is 12.2. The molecule has 32 heavy (non-hydrogen) atoms. The van der Waals surface area contributed by atoms with Gasteiger partial charge in [0.1, 0.15) is 18.4 Å². The van der Waals surface area contributed by atoms with E-state index in [9.17, 15) is 22.4 Å². The number of hydrogen-bond donors (Lipinski definition) is 1. The maximum absolute atomic E-state index is 13.3. The number of carbonyl (C=O) groups excluding carboxylic acids is 2. The van der Waals surface area contributed by atoms with Crippen LogP contribution in [0.5, 0.6) is 0 Å². The van der Waals surface area contributed by atoms with Gasteiger partial charge in [0, 0.05) is 17.6 Å². The standard InChI is InChI=1S/C22H27ClFN3O4S/c1-15(2)25-22(29)16(3)26(13-17-5-9-19(24)10-6-17)21(28)14-27(32(4,30)31)20-11-7-18(23)8-12-20/h5-12,15-16H,13-14H2,1-4H3,(H,25,29)/t16-/m0/s1. The highest BCUT2D eigenvalue weighted by Gasteiger charge is 2.30. The van der Waals surface area contributed by atoms with Crippen molar-refractivity contribution in [3.63, 3.8) is 0 Å². The fraction of sp³-hybridized carbons (Fsp3) is 0.364. The molecule has 0 saturated carbocycles. The zero-order valence-corrected chi connectivity index (χ0v) is 20.0. The summed E-state index contributed by atoms with van der Waals surface area (Å²) in [5.41, 5.74) is 0.868. The fourth-order valence-electron chi connectivity index (χ4n) is 3.00. The predicted octanol–water partition coefficient (Wildman–Crippen LogP) is 3.19. The van der Waals surface area contributed by atoms with Crippen molar-refractivity contribution in [2.24, 2.45) is 0 Å². The summed E-state index contributed by atoms with van der Waals surface area (Å²) in [7, 11) is -3.81. The summed E-state index contributed by atoms with van der Waals surface area (Å²) in [6.45, 7) is 4.64. The van der Waals surface area contributed by atoms with Gasteiger partial charge in [-0.05, 0) is 62.7 Å². The molecule has 0 aliphatic carbocycles. The summed E-state index contributed by atoms with van der Waals surface area (Å²) in [5.74, 6) is -1.39. The smallest absolute Gasteiger partial charge is 0.244 e. The average molecular weight is 484 g/mol. The van der Waals surface area contributed by atoms with Gasteiger partial charge < -0.3 is 10.2 Å². The second-order valence-corrected chi connectivity index (χ2v) is 10.1. The van der Waals surface area contributed by atoms with E-state index in [1.54, 1.807) is 20.8 Å². The van der Waals surface area contributed by atoms with Gasteiger partial charge in [-0.15, -0.1) is 0 Å². The van der Waals surface area contributed by atoms with Crippen LogP contribution in [0.25, 0.3) is 0 Å². The largest absolute Gasteiger partial charge is 0.352 e. The molecule has 0 heterocycles. The summed E-state index contributed by atoms with van der Waals surface area (Å²) >= 11 is 5.89. The highest BCUT2D eigenvalue weighted by molar-refractivity contribution is 7.92. The zero-order valence-electron chi connectivity index (χ0n) is 18.4. The average Bonchev–Trinajstić information content (AvgIpc) is 2.70. The lowest BCUT2D eigenvalue weighted by Gasteiger charge is -2.31. The van der Waals surface area contributed by atoms with Crippen LogP contribution >= 0.6 is 11.6 Å². The third-order valence-electron chi connectivity index (χ3n) is 4.66. The van der Waals surface area contributed by atoms with Crippen LogP contribution < -0.4 is 9.62 Å². The number of hydrogen-bond acceptors (Lipinski definition) is 4. The Kier molecular flexibility index (Phi) is 8.63. The predicted molar refractivity (Wildman–Crippen MR) is 123 cm³/mol. The number of halogens is 2. The summed E-state index contributed by atoms with van der Waals surface area (Å²) in [5, 5.41) is 3.18. The molecule has 0 saturated heterocycles. The number of nitrogens with one attached hydrogen (secondary N) is 1. The van der Waals surface area contributed by atoms with E-state index in [4.69, 9.17) is 11.6 Å². The van der Waals surface area contributed by atoms with Gasteiger partial charge >= 0.3 is 0 Å². The number of rotatable bonds is 9. The van der Waals surface area contributed by atoms with Crippen LogP contribution in [0.3, 0.4) is 0 Å². The minimum atomic E-state index is -3.81. The lowest BCUT2D eigenvalue weighted by molar-refractivity contribution is -0.139. The van der Waals surface area contributed by atoms with Crippen molar-refractivity contribution in [3.05, 3.63) is 64.9 Å². The molecule has 2 aromatic carbocycles. The lowest BCUT2D eigenvalue weighted by atomic mass is 10.1. The van der Waals surface area contributed by atoms with Gasteiger partial charge in [-0.1, -0.05) is 23.7 Å².